The first kappa shape index (κ1) is 15.9. The van der Waals surface area contributed by atoms with Gasteiger partial charge in [-0.1, -0.05) is 32.6 Å². The zero-order chi connectivity index (χ0) is 12.1. The quantitative estimate of drug-likeness (QED) is 0.505. The normalized spacial score (nSPS) is 11.2. The minimum Gasteiger partial charge on any atom is -0.396 e. The van der Waals surface area contributed by atoms with Gasteiger partial charge in [-0.05, 0) is 25.8 Å². The SMILES string of the molecule is CCCCCCCN(CCCO)CCCO. The lowest BCUT2D eigenvalue weighted by Gasteiger charge is -2.21. The van der Waals surface area contributed by atoms with E-state index in [2.05, 4.69) is 11.8 Å². The highest BCUT2D eigenvalue weighted by molar-refractivity contribution is 4.58. The number of unbranched alkanes of at least 4 members (excludes halogenated alkanes) is 4. The van der Waals surface area contributed by atoms with E-state index in [1.807, 2.05) is 0 Å². The fraction of sp³-hybridized carbons (Fsp3) is 1.00. The van der Waals surface area contributed by atoms with Gasteiger partial charge in [0.05, 0.1) is 0 Å². The predicted molar refractivity (Wildman–Crippen MR) is 68.6 cm³/mol. The number of hydrogen-bond acceptors (Lipinski definition) is 3. The van der Waals surface area contributed by atoms with Gasteiger partial charge in [0, 0.05) is 26.3 Å². The molecule has 0 unspecified atom stereocenters. The first-order valence-corrected chi connectivity index (χ1v) is 6.79. The topological polar surface area (TPSA) is 43.7 Å². The highest BCUT2D eigenvalue weighted by Gasteiger charge is 2.03. The third kappa shape index (κ3) is 10.4. The first-order chi connectivity index (χ1) is 7.85. The Morgan fingerprint density at radius 1 is 0.688 bits per heavy atom. The van der Waals surface area contributed by atoms with Crippen LogP contribution in [-0.4, -0.2) is 48.0 Å². The van der Waals surface area contributed by atoms with Gasteiger partial charge in [-0.3, -0.25) is 0 Å². The molecule has 0 aromatic carbocycles. The molecule has 0 aromatic rings. The van der Waals surface area contributed by atoms with E-state index in [9.17, 15) is 0 Å². The van der Waals surface area contributed by atoms with Crippen LogP contribution in [0.2, 0.25) is 0 Å². The van der Waals surface area contributed by atoms with Crippen LogP contribution in [0.15, 0.2) is 0 Å². The minimum absolute atomic E-state index is 0.269. The maximum atomic E-state index is 8.81. The number of nitrogens with zero attached hydrogens (tertiary/aromatic N) is 1. The lowest BCUT2D eigenvalue weighted by molar-refractivity contribution is 0.199. The Hall–Kier alpha value is -0.120. The molecule has 0 saturated carbocycles. The summed E-state index contributed by atoms with van der Waals surface area (Å²) in [5, 5.41) is 17.6. The molecule has 0 saturated heterocycles. The molecule has 0 aromatic heterocycles. The zero-order valence-corrected chi connectivity index (χ0v) is 10.8. The Kier molecular flexibility index (Phi) is 12.9. The van der Waals surface area contributed by atoms with Crippen molar-refractivity contribution in [2.24, 2.45) is 0 Å². The van der Waals surface area contributed by atoms with Gasteiger partial charge < -0.3 is 15.1 Å². The summed E-state index contributed by atoms with van der Waals surface area (Å²) in [6.45, 7) is 5.81. The van der Waals surface area contributed by atoms with Gasteiger partial charge in [0.15, 0.2) is 0 Å². The zero-order valence-electron chi connectivity index (χ0n) is 10.8. The molecule has 0 atom stereocenters. The van der Waals surface area contributed by atoms with Crippen LogP contribution in [0.3, 0.4) is 0 Å². The van der Waals surface area contributed by atoms with Gasteiger partial charge in [-0.2, -0.15) is 0 Å². The van der Waals surface area contributed by atoms with Crippen molar-refractivity contribution in [1.29, 1.82) is 0 Å². The van der Waals surface area contributed by atoms with Crippen molar-refractivity contribution in [1.82, 2.24) is 4.90 Å². The van der Waals surface area contributed by atoms with Gasteiger partial charge in [0.1, 0.15) is 0 Å². The van der Waals surface area contributed by atoms with Crippen molar-refractivity contribution >= 4 is 0 Å². The Morgan fingerprint density at radius 2 is 1.19 bits per heavy atom. The summed E-state index contributed by atoms with van der Waals surface area (Å²) < 4.78 is 0. The van der Waals surface area contributed by atoms with Crippen molar-refractivity contribution in [3.8, 4) is 0 Å². The van der Waals surface area contributed by atoms with E-state index in [0.717, 1.165) is 32.5 Å². The molecule has 3 nitrogen and oxygen atoms in total. The third-order valence-corrected chi connectivity index (χ3v) is 2.84. The Balaban J connectivity index is 3.48. The molecule has 0 bridgehead atoms. The van der Waals surface area contributed by atoms with Crippen LogP contribution in [0.5, 0.6) is 0 Å². The van der Waals surface area contributed by atoms with Crippen molar-refractivity contribution < 1.29 is 10.2 Å². The molecule has 0 radical (unpaired) electrons. The second kappa shape index (κ2) is 12.9. The maximum absolute atomic E-state index is 8.81. The van der Waals surface area contributed by atoms with Crippen molar-refractivity contribution in [3.63, 3.8) is 0 Å². The van der Waals surface area contributed by atoms with Gasteiger partial charge >= 0.3 is 0 Å². The fourth-order valence-corrected chi connectivity index (χ4v) is 1.86. The number of rotatable bonds is 12. The average molecular weight is 231 g/mol. The Labute approximate surface area is 100 Å². The van der Waals surface area contributed by atoms with E-state index in [-0.39, 0.29) is 13.2 Å². The van der Waals surface area contributed by atoms with Crippen LogP contribution in [0.25, 0.3) is 0 Å². The van der Waals surface area contributed by atoms with Gasteiger partial charge in [-0.25, -0.2) is 0 Å². The van der Waals surface area contributed by atoms with Crippen LogP contribution in [0.4, 0.5) is 0 Å². The molecule has 3 heteroatoms. The summed E-state index contributed by atoms with van der Waals surface area (Å²) in [5.41, 5.74) is 0. The summed E-state index contributed by atoms with van der Waals surface area (Å²) in [6.07, 6.45) is 8.22. The number of hydrogen-bond donors (Lipinski definition) is 2. The molecule has 2 N–H and O–H groups in total. The van der Waals surface area contributed by atoms with Crippen molar-refractivity contribution in [2.75, 3.05) is 32.8 Å². The molecule has 0 amide bonds. The van der Waals surface area contributed by atoms with E-state index in [1.54, 1.807) is 0 Å². The molecule has 0 fully saturated rings. The van der Waals surface area contributed by atoms with E-state index in [4.69, 9.17) is 10.2 Å². The van der Waals surface area contributed by atoms with Crippen LogP contribution in [-0.2, 0) is 0 Å². The second-order valence-corrected chi connectivity index (χ2v) is 4.41. The molecule has 0 aliphatic rings. The molecular weight excluding hydrogens is 202 g/mol. The molecule has 0 aliphatic heterocycles. The molecule has 0 spiro atoms. The molecular formula is C13H29NO2. The highest BCUT2D eigenvalue weighted by Crippen LogP contribution is 2.04. The molecule has 98 valence electrons. The van der Waals surface area contributed by atoms with Crippen LogP contribution >= 0.6 is 0 Å². The number of aliphatic hydroxyl groups excluding tert-OH is 2. The molecule has 0 rings (SSSR count). The number of aliphatic hydroxyl groups is 2. The van der Waals surface area contributed by atoms with Gasteiger partial charge in [0.25, 0.3) is 0 Å². The molecule has 0 aliphatic carbocycles. The van der Waals surface area contributed by atoms with Crippen molar-refractivity contribution in [3.05, 3.63) is 0 Å². The van der Waals surface area contributed by atoms with E-state index < -0.39 is 0 Å². The van der Waals surface area contributed by atoms with Gasteiger partial charge in [-0.15, -0.1) is 0 Å². The largest absolute Gasteiger partial charge is 0.396 e. The Morgan fingerprint density at radius 3 is 1.69 bits per heavy atom. The summed E-state index contributed by atoms with van der Waals surface area (Å²) in [7, 11) is 0. The summed E-state index contributed by atoms with van der Waals surface area (Å²) in [5.74, 6) is 0. The third-order valence-electron chi connectivity index (χ3n) is 2.84. The Bertz CT molecular complexity index is 123. The van der Waals surface area contributed by atoms with Crippen LogP contribution < -0.4 is 0 Å². The fourth-order valence-electron chi connectivity index (χ4n) is 1.86. The lowest BCUT2D eigenvalue weighted by atomic mass is 10.1. The first-order valence-electron chi connectivity index (χ1n) is 6.79. The molecule has 0 heterocycles. The summed E-state index contributed by atoms with van der Waals surface area (Å²) >= 11 is 0. The average Bonchev–Trinajstić information content (AvgIpc) is 2.31. The molecule has 16 heavy (non-hydrogen) atoms. The van der Waals surface area contributed by atoms with Crippen LogP contribution in [0.1, 0.15) is 51.9 Å². The standard InChI is InChI=1S/C13H29NO2/c1-2-3-4-5-6-9-14(10-7-12-15)11-8-13-16/h15-16H,2-13H2,1H3. The summed E-state index contributed by atoms with van der Waals surface area (Å²) in [6, 6.07) is 0. The monoisotopic (exact) mass is 231 g/mol. The second-order valence-electron chi connectivity index (χ2n) is 4.41. The maximum Gasteiger partial charge on any atom is 0.0443 e. The predicted octanol–water partition coefficient (Wildman–Crippen LogP) is 2.02. The van der Waals surface area contributed by atoms with E-state index in [0.29, 0.717) is 0 Å². The van der Waals surface area contributed by atoms with Crippen molar-refractivity contribution in [2.45, 2.75) is 51.9 Å². The smallest absolute Gasteiger partial charge is 0.0443 e. The summed E-state index contributed by atoms with van der Waals surface area (Å²) in [4.78, 5) is 2.36. The van der Waals surface area contributed by atoms with E-state index in [1.165, 1.54) is 32.1 Å². The van der Waals surface area contributed by atoms with Gasteiger partial charge in [0.2, 0.25) is 0 Å². The minimum atomic E-state index is 0.269. The highest BCUT2D eigenvalue weighted by atomic mass is 16.3. The van der Waals surface area contributed by atoms with Crippen LogP contribution in [0, 0.1) is 0 Å². The van der Waals surface area contributed by atoms with E-state index >= 15 is 0 Å². The lowest BCUT2D eigenvalue weighted by Crippen LogP contribution is -2.28.